The van der Waals surface area contributed by atoms with Crippen molar-refractivity contribution in [3.05, 3.63) is 64.3 Å². The van der Waals surface area contributed by atoms with E-state index in [0.29, 0.717) is 28.5 Å². The van der Waals surface area contributed by atoms with Gasteiger partial charge in [0.05, 0.1) is 11.1 Å². The number of fused-ring (bicyclic) bond motifs is 1. The number of amides is 1. The number of nitrogens with one attached hydrogen (secondary N) is 1. The lowest BCUT2D eigenvalue weighted by molar-refractivity contribution is -0.118. The number of anilines is 1. The molecule has 0 spiro atoms. The summed E-state index contributed by atoms with van der Waals surface area (Å²) in [5.74, 6) is 0.128. The number of benzene rings is 1. The molecule has 2 aromatic heterocycles. The summed E-state index contributed by atoms with van der Waals surface area (Å²) in [6, 6.07) is 10.1. The number of nitrogens with zero attached hydrogens (tertiary/aromatic N) is 3. The third-order valence-electron chi connectivity index (χ3n) is 4.64. The van der Waals surface area contributed by atoms with Crippen molar-refractivity contribution < 1.29 is 4.79 Å². The quantitative estimate of drug-likeness (QED) is 0.295. The van der Waals surface area contributed by atoms with E-state index in [1.54, 1.807) is 16.7 Å². The van der Waals surface area contributed by atoms with Gasteiger partial charge in [-0.15, -0.1) is 17.9 Å². The lowest BCUT2D eigenvalue weighted by atomic mass is 10.2. The number of carbonyl (C=O) groups is 1. The second kappa shape index (κ2) is 10.4. The molecule has 0 saturated heterocycles. The predicted molar refractivity (Wildman–Crippen MR) is 127 cm³/mol. The Kier molecular flexibility index (Phi) is 7.70. The maximum absolute atomic E-state index is 12.6. The number of rotatable bonds is 10. The summed E-state index contributed by atoms with van der Waals surface area (Å²) in [7, 11) is 0. The zero-order valence-corrected chi connectivity index (χ0v) is 18.9. The number of allylic oxidation sites excluding steroid dienone is 1. The molecule has 0 aliphatic heterocycles. The highest BCUT2D eigenvalue weighted by Crippen LogP contribution is 2.21. The maximum atomic E-state index is 12.6. The van der Waals surface area contributed by atoms with Crippen LogP contribution in [0.25, 0.3) is 10.2 Å². The highest BCUT2D eigenvalue weighted by molar-refractivity contribution is 7.99. The predicted octanol–water partition coefficient (Wildman–Crippen LogP) is 3.69. The Hall–Kier alpha value is -2.58. The molecular formula is C22H26N4O2S2. The SMILES string of the molecule is C=CCn1c(SCC(=O)NCCN(CC)c2cccc(C)c2)nc2sccc2c1=O. The fourth-order valence-corrected chi connectivity index (χ4v) is 4.78. The van der Waals surface area contributed by atoms with Crippen LogP contribution in [0.1, 0.15) is 12.5 Å². The van der Waals surface area contributed by atoms with Crippen molar-refractivity contribution in [3.8, 4) is 0 Å². The Morgan fingerprint density at radius 1 is 1.40 bits per heavy atom. The van der Waals surface area contributed by atoms with E-state index in [1.165, 1.54) is 28.7 Å². The molecule has 0 bridgehead atoms. The summed E-state index contributed by atoms with van der Waals surface area (Å²) in [5, 5.41) is 5.96. The van der Waals surface area contributed by atoms with Gasteiger partial charge in [-0.05, 0) is 43.0 Å². The average Bonchev–Trinajstić information content (AvgIpc) is 3.21. The summed E-state index contributed by atoms with van der Waals surface area (Å²) < 4.78 is 1.57. The lowest BCUT2D eigenvalue weighted by Gasteiger charge is -2.23. The minimum absolute atomic E-state index is 0.0778. The van der Waals surface area contributed by atoms with Gasteiger partial charge in [0.15, 0.2) is 5.16 Å². The molecule has 1 aromatic carbocycles. The van der Waals surface area contributed by atoms with Gasteiger partial charge in [0, 0.05) is 31.9 Å². The zero-order chi connectivity index (χ0) is 21.5. The summed E-state index contributed by atoms with van der Waals surface area (Å²) in [5.41, 5.74) is 2.27. The first-order chi connectivity index (χ1) is 14.5. The molecule has 0 unspecified atom stereocenters. The second-order valence-electron chi connectivity index (χ2n) is 6.80. The summed E-state index contributed by atoms with van der Waals surface area (Å²) in [6.45, 7) is 10.4. The number of likely N-dealkylation sites (N-methyl/N-ethyl adjacent to an activating group) is 1. The average molecular weight is 443 g/mol. The van der Waals surface area contributed by atoms with Crippen molar-refractivity contribution in [3.63, 3.8) is 0 Å². The van der Waals surface area contributed by atoms with Crippen LogP contribution >= 0.6 is 23.1 Å². The van der Waals surface area contributed by atoms with Crippen molar-refractivity contribution in [2.75, 3.05) is 30.3 Å². The van der Waals surface area contributed by atoms with E-state index in [2.05, 4.69) is 53.8 Å². The van der Waals surface area contributed by atoms with Gasteiger partial charge in [-0.25, -0.2) is 4.98 Å². The second-order valence-corrected chi connectivity index (χ2v) is 8.63. The smallest absolute Gasteiger partial charge is 0.263 e. The number of aryl methyl sites for hydroxylation is 1. The van der Waals surface area contributed by atoms with Crippen molar-refractivity contribution >= 4 is 44.9 Å². The largest absolute Gasteiger partial charge is 0.370 e. The van der Waals surface area contributed by atoms with Crippen LogP contribution < -0.4 is 15.8 Å². The normalized spacial score (nSPS) is 10.9. The molecule has 0 aliphatic rings. The number of thioether (sulfide) groups is 1. The van der Waals surface area contributed by atoms with E-state index in [4.69, 9.17) is 0 Å². The van der Waals surface area contributed by atoms with Crippen molar-refractivity contribution in [1.29, 1.82) is 0 Å². The molecule has 8 heteroatoms. The van der Waals surface area contributed by atoms with Gasteiger partial charge in [0.1, 0.15) is 4.83 Å². The van der Waals surface area contributed by atoms with E-state index in [1.807, 2.05) is 11.4 Å². The monoisotopic (exact) mass is 442 g/mol. The van der Waals surface area contributed by atoms with Gasteiger partial charge in [-0.2, -0.15) is 0 Å². The van der Waals surface area contributed by atoms with Gasteiger partial charge in [0.2, 0.25) is 5.91 Å². The molecule has 158 valence electrons. The van der Waals surface area contributed by atoms with Gasteiger partial charge >= 0.3 is 0 Å². The number of carbonyl (C=O) groups excluding carboxylic acids is 1. The van der Waals surface area contributed by atoms with Crippen LogP contribution in [0.15, 0.2) is 58.3 Å². The summed E-state index contributed by atoms with van der Waals surface area (Å²) >= 11 is 2.70. The molecular weight excluding hydrogens is 416 g/mol. The third kappa shape index (κ3) is 5.31. The molecule has 6 nitrogen and oxygen atoms in total. The first-order valence-corrected chi connectivity index (χ1v) is 11.7. The minimum Gasteiger partial charge on any atom is -0.370 e. The van der Waals surface area contributed by atoms with Crippen molar-refractivity contribution in [2.24, 2.45) is 0 Å². The van der Waals surface area contributed by atoms with E-state index >= 15 is 0 Å². The Bertz CT molecular complexity index is 1090. The van der Waals surface area contributed by atoms with Crippen LogP contribution in [0.2, 0.25) is 0 Å². The molecule has 30 heavy (non-hydrogen) atoms. The standard InChI is InChI=1S/C22H26N4O2S2/c1-4-11-26-21(28)18-9-13-29-20(18)24-22(26)30-15-19(27)23-10-12-25(5-2)17-8-6-7-16(3)14-17/h4,6-9,13-14H,1,5,10-12,15H2,2-3H3,(H,23,27). The molecule has 0 radical (unpaired) electrons. The minimum atomic E-state index is -0.0965. The fourth-order valence-electron chi connectivity index (χ4n) is 3.14. The van der Waals surface area contributed by atoms with Gasteiger partial charge in [-0.1, -0.05) is 30.0 Å². The molecule has 1 N–H and O–H groups in total. The van der Waals surface area contributed by atoms with Crippen LogP contribution in [-0.2, 0) is 11.3 Å². The Labute approximate surface area is 184 Å². The van der Waals surface area contributed by atoms with E-state index in [-0.39, 0.29) is 17.2 Å². The Morgan fingerprint density at radius 3 is 2.97 bits per heavy atom. The molecule has 0 atom stereocenters. The number of hydrogen-bond acceptors (Lipinski definition) is 6. The van der Waals surface area contributed by atoms with Gasteiger partial charge in [0.25, 0.3) is 5.56 Å². The molecule has 3 aromatic rings. The highest BCUT2D eigenvalue weighted by atomic mass is 32.2. The number of hydrogen-bond donors (Lipinski definition) is 1. The Morgan fingerprint density at radius 2 is 2.23 bits per heavy atom. The molecule has 0 aliphatic carbocycles. The number of aromatic nitrogens is 2. The summed E-state index contributed by atoms with van der Waals surface area (Å²) in [4.78, 5) is 32.5. The zero-order valence-electron chi connectivity index (χ0n) is 17.3. The van der Waals surface area contributed by atoms with Gasteiger partial charge < -0.3 is 10.2 Å². The van der Waals surface area contributed by atoms with Crippen LogP contribution in [0.3, 0.4) is 0 Å². The maximum Gasteiger partial charge on any atom is 0.263 e. The van der Waals surface area contributed by atoms with Crippen molar-refractivity contribution in [1.82, 2.24) is 14.9 Å². The van der Waals surface area contributed by atoms with Crippen LogP contribution in [0, 0.1) is 6.92 Å². The molecule has 0 saturated carbocycles. The van der Waals surface area contributed by atoms with Crippen LogP contribution in [0.5, 0.6) is 0 Å². The first kappa shape index (κ1) is 22.1. The van der Waals surface area contributed by atoms with Crippen LogP contribution in [0.4, 0.5) is 5.69 Å². The van der Waals surface area contributed by atoms with E-state index < -0.39 is 0 Å². The molecule has 2 heterocycles. The third-order valence-corrected chi connectivity index (χ3v) is 6.43. The molecule has 0 fully saturated rings. The van der Waals surface area contributed by atoms with Crippen molar-refractivity contribution in [2.45, 2.75) is 25.5 Å². The topological polar surface area (TPSA) is 67.2 Å². The van der Waals surface area contributed by atoms with Crippen LogP contribution in [-0.4, -0.2) is 40.8 Å². The van der Waals surface area contributed by atoms with E-state index in [0.717, 1.165) is 18.8 Å². The van der Waals surface area contributed by atoms with Gasteiger partial charge in [-0.3, -0.25) is 14.2 Å². The summed E-state index contributed by atoms with van der Waals surface area (Å²) in [6.07, 6.45) is 1.66. The lowest BCUT2D eigenvalue weighted by Crippen LogP contribution is -2.35. The fraction of sp³-hybridized carbons (Fsp3) is 0.318. The van der Waals surface area contributed by atoms with E-state index in [9.17, 15) is 9.59 Å². The first-order valence-electron chi connectivity index (χ1n) is 9.83. The molecule has 1 amide bonds. The highest BCUT2D eigenvalue weighted by Gasteiger charge is 2.13. The number of thiophene rings is 1. The molecule has 3 rings (SSSR count). The Balaban J connectivity index is 1.57.